The van der Waals surface area contributed by atoms with Crippen molar-refractivity contribution in [3.63, 3.8) is 0 Å². The number of benzene rings is 2. The number of hydrogen-bond donors (Lipinski definition) is 1. The molecule has 146 valence electrons. The van der Waals surface area contributed by atoms with Gasteiger partial charge >= 0.3 is 0 Å². The SMILES string of the molecule is Cc1nn(-c2ccccc2)c(Cl)c1C(=O)NC(C)c1ccc(-n2cncn2)cc1. The molecule has 29 heavy (non-hydrogen) atoms. The third-order valence-electron chi connectivity index (χ3n) is 4.66. The van der Waals surface area contributed by atoms with Crippen LogP contribution in [-0.2, 0) is 0 Å². The summed E-state index contributed by atoms with van der Waals surface area (Å²) in [6.07, 6.45) is 3.12. The Morgan fingerprint density at radius 2 is 1.79 bits per heavy atom. The molecule has 0 aliphatic heterocycles. The second-order valence-electron chi connectivity index (χ2n) is 6.63. The van der Waals surface area contributed by atoms with Crippen LogP contribution in [0.25, 0.3) is 11.4 Å². The monoisotopic (exact) mass is 406 g/mol. The third kappa shape index (κ3) is 3.77. The lowest BCUT2D eigenvalue weighted by atomic mass is 10.1. The first kappa shape index (κ1) is 18.9. The molecule has 7 nitrogen and oxygen atoms in total. The maximum Gasteiger partial charge on any atom is 0.256 e. The molecule has 0 saturated heterocycles. The summed E-state index contributed by atoms with van der Waals surface area (Å²) in [6.45, 7) is 3.70. The van der Waals surface area contributed by atoms with E-state index in [9.17, 15) is 4.79 Å². The van der Waals surface area contributed by atoms with Gasteiger partial charge in [-0.05, 0) is 43.7 Å². The van der Waals surface area contributed by atoms with E-state index in [0.29, 0.717) is 16.4 Å². The summed E-state index contributed by atoms with van der Waals surface area (Å²) in [5.74, 6) is -0.262. The summed E-state index contributed by atoms with van der Waals surface area (Å²) in [4.78, 5) is 16.8. The van der Waals surface area contributed by atoms with E-state index in [4.69, 9.17) is 11.6 Å². The second-order valence-corrected chi connectivity index (χ2v) is 6.98. The standard InChI is InChI=1S/C21H19ClN6O/c1-14(16-8-10-17(11-9-16)27-13-23-12-24-27)25-21(29)19-15(2)26-28(20(19)22)18-6-4-3-5-7-18/h3-14H,1-2H3,(H,25,29). The molecule has 1 unspecified atom stereocenters. The second kappa shape index (κ2) is 7.89. The number of amides is 1. The first-order chi connectivity index (χ1) is 14.0. The van der Waals surface area contributed by atoms with Crippen LogP contribution in [-0.4, -0.2) is 30.5 Å². The minimum atomic E-state index is -0.262. The fraction of sp³-hybridized carbons (Fsp3) is 0.143. The minimum absolute atomic E-state index is 0.206. The Morgan fingerprint density at radius 1 is 1.07 bits per heavy atom. The topological polar surface area (TPSA) is 77.6 Å². The molecule has 2 aromatic heterocycles. The molecule has 0 spiro atoms. The van der Waals surface area contributed by atoms with Crippen molar-refractivity contribution in [2.75, 3.05) is 0 Å². The predicted octanol–water partition coefficient (Wildman–Crippen LogP) is 3.91. The van der Waals surface area contributed by atoms with Crippen LogP contribution in [0, 0.1) is 6.92 Å². The van der Waals surface area contributed by atoms with E-state index in [1.165, 1.54) is 6.33 Å². The Balaban J connectivity index is 1.53. The maximum atomic E-state index is 12.9. The summed E-state index contributed by atoms with van der Waals surface area (Å²) in [5.41, 5.74) is 3.61. The highest BCUT2D eigenvalue weighted by Crippen LogP contribution is 2.24. The van der Waals surface area contributed by atoms with Crippen molar-refractivity contribution in [1.82, 2.24) is 29.9 Å². The molecule has 1 atom stereocenters. The maximum absolute atomic E-state index is 12.9. The molecular formula is C21H19ClN6O. The van der Waals surface area contributed by atoms with E-state index in [0.717, 1.165) is 16.9 Å². The average Bonchev–Trinajstić information content (AvgIpc) is 3.37. The molecule has 2 heterocycles. The number of aryl methyl sites for hydroxylation is 1. The lowest BCUT2D eigenvalue weighted by molar-refractivity contribution is 0.0939. The summed E-state index contributed by atoms with van der Waals surface area (Å²) in [5, 5.41) is 11.8. The van der Waals surface area contributed by atoms with Crippen molar-refractivity contribution in [2.45, 2.75) is 19.9 Å². The van der Waals surface area contributed by atoms with Gasteiger partial charge in [0.25, 0.3) is 5.91 Å². The van der Waals surface area contributed by atoms with Gasteiger partial charge in [-0.15, -0.1) is 0 Å². The molecule has 8 heteroatoms. The number of nitrogens with zero attached hydrogens (tertiary/aromatic N) is 5. The largest absolute Gasteiger partial charge is 0.345 e. The van der Waals surface area contributed by atoms with Gasteiger partial charge in [0.05, 0.1) is 28.7 Å². The number of aromatic nitrogens is 5. The normalized spacial score (nSPS) is 12.0. The molecular weight excluding hydrogens is 388 g/mol. The highest BCUT2D eigenvalue weighted by molar-refractivity contribution is 6.33. The van der Waals surface area contributed by atoms with Crippen LogP contribution < -0.4 is 5.32 Å². The summed E-state index contributed by atoms with van der Waals surface area (Å²) >= 11 is 6.49. The average molecular weight is 407 g/mol. The molecule has 0 aliphatic rings. The van der Waals surface area contributed by atoms with Crippen LogP contribution >= 0.6 is 11.6 Å². The van der Waals surface area contributed by atoms with E-state index < -0.39 is 0 Å². The van der Waals surface area contributed by atoms with Crippen LogP contribution in [0.15, 0.2) is 67.3 Å². The summed E-state index contributed by atoms with van der Waals surface area (Å²) in [6, 6.07) is 17.0. The van der Waals surface area contributed by atoms with E-state index in [-0.39, 0.29) is 11.9 Å². The molecule has 0 fully saturated rings. The van der Waals surface area contributed by atoms with Gasteiger partial charge < -0.3 is 5.32 Å². The van der Waals surface area contributed by atoms with Gasteiger partial charge in [0.15, 0.2) is 0 Å². The molecule has 4 aromatic rings. The van der Waals surface area contributed by atoms with Crippen molar-refractivity contribution in [1.29, 1.82) is 0 Å². The zero-order valence-corrected chi connectivity index (χ0v) is 16.7. The Hall–Kier alpha value is -3.45. The van der Waals surface area contributed by atoms with Crippen LogP contribution in [0.1, 0.15) is 34.6 Å². The Kier molecular flexibility index (Phi) is 5.14. The van der Waals surface area contributed by atoms with Gasteiger partial charge in [0, 0.05) is 0 Å². The number of carbonyl (C=O) groups is 1. The number of rotatable bonds is 5. The zero-order chi connectivity index (χ0) is 20.4. The van der Waals surface area contributed by atoms with Crippen LogP contribution in [0.3, 0.4) is 0 Å². The Bertz CT molecular complexity index is 1120. The first-order valence-electron chi connectivity index (χ1n) is 9.11. The van der Waals surface area contributed by atoms with Crippen molar-refractivity contribution < 1.29 is 4.79 Å². The number of nitrogens with one attached hydrogen (secondary N) is 1. The number of hydrogen-bond acceptors (Lipinski definition) is 4. The van der Waals surface area contributed by atoms with E-state index in [1.54, 1.807) is 22.6 Å². The number of carbonyl (C=O) groups excluding carboxylic acids is 1. The highest BCUT2D eigenvalue weighted by atomic mass is 35.5. The molecule has 0 radical (unpaired) electrons. The molecule has 0 saturated carbocycles. The van der Waals surface area contributed by atoms with Gasteiger partial charge in [0.2, 0.25) is 0 Å². The zero-order valence-electron chi connectivity index (χ0n) is 16.0. The first-order valence-corrected chi connectivity index (χ1v) is 9.49. The smallest absolute Gasteiger partial charge is 0.256 e. The van der Waals surface area contributed by atoms with Crippen LogP contribution in [0.4, 0.5) is 0 Å². The van der Waals surface area contributed by atoms with Gasteiger partial charge in [-0.3, -0.25) is 4.79 Å². The van der Waals surface area contributed by atoms with E-state index in [1.807, 2.05) is 61.5 Å². The van der Waals surface area contributed by atoms with Crippen molar-refractivity contribution in [3.05, 3.63) is 89.2 Å². The molecule has 1 amide bonds. The molecule has 0 aliphatic carbocycles. The minimum Gasteiger partial charge on any atom is -0.345 e. The number of para-hydroxylation sites is 1. The van der Waals surface area contributed by atoms with Crippen LogP contribution in [0.2, 0.25) is 5.15 Å². The van der Waals surface area contributed by atoms with Gasteiger partial charge in [0.1, 0.15) is 17.8 Å². The van der Waals surface area contributed by atoms with Crippen molar-refractivity contribution >= 4 is 17.5 Å². The lowest BCUT2D eigenvalue weighted by Crippen LogP contribution is -2.27. The molecule has 0 bridgehead atoms. The number of halogens is 1. The molecule has 2 aromatic carbocycles. The summed E-state index contributed by atoms with van der Waals surface area (Å²) in [7, 11) is 0. The molecule has 1 N–H and O–H groups in total. The fourth-order valence-corrected chi connectivity index (χ4v) is 3.46. The molecule has 4 rings (SSSR count). The van der Waals surface area contributed by atoms with E-state index >= 15 is 0 Å². The van der Waals surface area contributed by atoms with Crippen molar-refractivity contribution in [2.24, 2.45) is 0 Å². The Labute approximate surface area is 173 Å². The van der Waals surface area contributed by atoms with E-state index in [2.05, 4.69) is 20.5 Å². The fourth-order valence-electron chi connectivity index (χ4n) is 3.11. The third-order valence-corrected chi connectivity index (χ3v) is 5.00. The van der Waals surface area contributed by atoms with Gasteiger partial charge in [-0.2, -0.15) is 10.2 Å². The Morgan fingerprint density at radius 3 is 2.45 bits per heavy atom. The summed E-state index contributed by atoms with van der Waals surface area (Å²) < 4.78 is 3.25. The van der Waals surface area contributed by atoms with Crippen molar-refractivity contribution in [3.8, 4) is 11.4 Å². The van der Waals surface area contributed by atoms with Gasteiger partial charge in [-0.25, -0.2) is 14.3 Å². The highest BCUT2D eigenvalue weighted by Gasteiger charge is 2.22. The van der Waals surface area contributed by atoms with Gasteiger partial charge in [-0.1, -0.05) is 41.9 Å². The lowest BCUT2D eigenvalue weighted by Gasteiger charge is -2.15. The predicted molar refractivity (Wildman–Crippen MR) is 111 cm³/mol. The quantitative estimate of drug-likeness (QED) is 0.545. The van der Waals surface area contributed by atoms with Crippen LogP contribution in [0.5, 0.6) is 0 Å².